The minimum absolute atomic E-state index is 0.0470. The smallest absolute Gasteiger partial charge is 0.360 e. The molecule has 0 spiro atoms. The molecule has 116 valence electrons. The fourth-order valence-corrected chi connectivity index (χ4v) is 2.56. The van der Waals surface area contributed by atoms with Crippen molar-refractivity contribution in [1.29, 1.82) is 0 Å². The highest BCUT2D eigenvalue weighted by Gasteiger charge is 2.25. The Balaban J connectivity index is 2.31. The SMILES string of the molecule is COC(=O)c1nn(-c2ccccc2)c(-c2ccccc2F)c1Cl. The molecule has 0 atom stereocenters. The molecule has 2 aromatic carbocycles. The number of hydrogen-bond donors (Lipinski definition) is 0. The zero-order valence-corrected chi connectivity index (χ0v) is 12.9. The van der Waals surface area contributed by atoms with E-state index in [1.165, 1.54) is 17.9 Å². The van der Waals surface area contributed by atoms with Crippen LogP contribution in [-0.4, -0.2) is 22.9 Å². The lowest BCUT2D eigenvalue weighted by atomic mass is 10.1. The molecule has 0 N–H and O–H groups in total. The third-order valence-electron chi connectivity index (χ3n) is 3.34. The Labute approximate surface area is 137 Å². The van der Waals surface area contributed by atoms with Crippen molar-refractivity contribution in [2.45, 2.75) is 0 Å². The van der Waals surface area contributed by atoms with E-state index < -0.39 is 11.8 Å². The molecule has 0 unspecified atom stereocenters. The zero-order valence-electron chi connectivity index (χ0n) is 12.2. The Bertz CT molecular complexity index is 862. The number of aromatic nitrogens is 2. The Kier molecular flexibility index (Phi) is 4.12. The van der Waals surface area contributed by atoms with E-state index in [2.05, 4.69) is 5.10 Å². The average Bonchev–Trinajstić information content (AvgIpc) is 2.93. The van der Waals surface area contributed by atoms with Gasteiger partial charge in [0.15, 0.2) is 5.69 Å². The number of carbonyl (C=O) groups excluding carboxylic acids is 1. The number of hydrogen-bond acceptors (Lipinski definition) is 3. The van der Waals surface area contributed by atoms with Crippen LogP contribution in [0.25, 0.3) is 16.9 Å². The summed E-state index contributed by atoms with van der Waals surface area (Å²) >= 11 is 6.31. The summed E-state index contributed by atoms with van der Waals surface area (Å²) in [4.78, 5) is 11.9. The number of ether oxygens (including phenoxy) is 1. The highest BCUT2D eigenvalue weighted by atomic mass is 35.5. The van der Waals surface area contributed by atoms with E-state index in [9.17, 15) is 9.18 Å². The van der Waals surface area contributed by atoms with Crippen molar-refractivity contribution in [3.63, 3.8) is 0 Å². The van der Waals surface area contributed by atoms with Crippen LogP contribution in [0.1, 0.15) is 10.5 Å². The Morgan fingerprint density at radius 1 is 1.13 bits per heavy atom. The lowest BCUT2D eigenvalue weighted by Gasteiger charge is -2.08. The van der Waals surface area contributed by atoms with E-state index in [1.807, 2.05) is 18.2 Å². The second-order valence-electron chi connectivity index (χ2n) is 4.73. The van der Waals surface area contributed by atoms with Gasteiger partial charge in [0.25, 0.3) is 0 Å². The average molecular weight is 331 g/mol. The summed E-state index contributed by atoms with van der Waals surface area (Å²) in [5, 5.41) is 4.26. The fourth-order valence-electron chi connectivity index (χ4n) is 2.27. The van der Waals surface area contributed by atoms with E-state index in [0.29, 0.717) is 11.4 Å². The second-order valence-corrected chi connectivity index (χ2v) is 5.11. The molecule has 0 saturated heterocycles. The molecular formula is C17H12ClFN2O2. The lowest BCUT2D eigenvalue weighted by molar-refractivity contribution is 0.0593. The first-order valence-corrected chi connectivity index (χ1v) is 7.18. The first-order chi connectivity index (χ1) is 11.1. The molecule has 1 aromatic heterocycles. The van der Waals surface area contributed by atoms with Crippen molar-refractivity contribution >= 4 is 17.6 Å². The van der Waals surface area contributed by atoms with Gasteiger partial charge < -0.3 is 4.74 Å². The van der Waals surface area contributed by atoms with Gasteiger partial charge in [-0.25, -0.2) is 13.9 Å². The number of carbonyl (C=O) groups is 1. The zero-order chi connectivity index (χ0) is 16.4. The van der Waals surface area contributed by atoms with Crippen molar-refractivity contribution in [2.24, 2.45) is 0 Å². The van der Waals surface area contributed by atoms with Crippen LogP contribution >= 0.6 is 11.6 Å². The Hall–Kier alpha value is -2.66. The second kappa shape index (κ2) is 6.22. The molecule has 0 amide bonds. The molecule has 0 aliphatic carbocycles. The van der Waals surface area contributed by atoms with Gasteiger partial charge in [0.05, 0.1) is 18.5 Å². The minimum atomic E-state index is -0.678. The van der Waals surface area contributed by atoms with Crippen LogP contribution in [0, 0.1) is 5.82 Å². The summed E-state index contributed by atoms with van der Waals surface area (Å²) < 4.78 is 20.4. The molecule has 0 bridgehead atoms. The van der Waals surface area contributed by atoms with E-state index in [-0.39, 0.29) is 16.3 Å². The predicted molar refractivity (Wildman–Crippen MR) is 85.3 cm³/mol. The number of halogens is 2. The topological polar surface area (TPSA) is 44.1 Å². The largest absolute Gasteiger partial charge is 0.464 e. The summed E-state index contributed by atoms with van der Waals surface area (Å²) in [6.07, 6.45) is 0. The maximum atomic E-state index is 14.2. The molecule has 0 radical (unpaired) electrons. The first kappa shape index (κ1) is 15.2. The van der Waals surface area contributed by atoms with Gasteiger partial charge in [-0.05, 0) is 24.3 Å². The van der Waals surface area contributed by atoms with Crippen LogP contribution in [0.3, 0.4) is 0 Å². The maximum absolute atomic E-state index is 14.2. The molecule has 0 fully saturated rings. The molecule has 1 heterocycles. The van der Waals surface area contributed by atoms with Crippen LogP contribution in [-0.2, 0) is 4.74 Å². The monoisotopic (exact) mass is 330 g/mol. The molecule has 3 aromatic rings. The number of benzene rings is 2. The van der Waals surface area contributed by atoms with Gasteiger partial charge in [-0.15, -0.1) is 0 Å². The van der Waals surface area contributed by atoms with Crippen LogP contribution in [0.15, 0.2) is 54.6 Å². The van der Waals surface area contributed by atoms with Gasteiger partial charge in [0.1, 0.15) is 10.8 Å². The first-order valence-electron chi connectivity index (χ1n) is 6.80. The van der Waals surface area contributed by atoms with Crippen LogP contribution in [0.4, 0.5) is 4.39 Å². The summed E-state index contributed by atoms with van der Waals surface area (Å²) in [5.74, 6) is -1.13. The maximum Gasteiger partial charge on any atom is 0.360 e. The molecule has 0 aliphatic heterocycles. The van der Waals surface area contributed by atoms with Crippen LogP contribution < -0.4 is 0 Å². The highest BCUT2D eigenvalue weighted by Crippen LogP contribution is 2.34. The van der Waals surface area contributed by atoms with Crippen molar-refractivity contribution < 1.29 is 13.9 Å². The minimum Gasteiger partial charge on any atom is -0.464 e. The van der Waals surface area contributed by atoms with Gasteiger partial charge in [-0.1, -0.05) is 41.9 Å². The van der Waals surface area contributed by atoms with E-state index in [1.54, 1.807) is 30.3 Å². The summed E-state index contributed by atoms with van der Waals surface area (Å²) in [6, 6.07) is 15.2. The molecule has 3 rings (SSSR count). The van der Waals surface area contributed by atoms with Gasteiger partial charge >= 0.3 is 5.97 Å². The van der Waals surface area contributed by atoms with Crippen molar-refractivity contribution in [3.8, 4) is 16.9 Å². The van der Waals surface area contributed by atoms with Gasteiger partial charge in [0, 0.05) is 5.56 Å². The van der Waals surface area contributed by atoms with E-state index in [4.69, 9.17) is 16.3 Å². The molecule has 4 nitrogen and oxygen atoms in total. The van der Waals surface area contributed by atoms with E-state index >= 15 is 0 Å². The molecule has 0 saturated carbocycles. The standard InChI is InChI=1S/C17H12ClFN2O2/c1-23-17(22)15-14(18)16(12-9-5-6-10-13(12)19)21(20-15)11-7-3-2-4-8-11/h2-10H,1H3. The van der Waals surface area contributed by atoms with Gasteiger partial charge in [-0.3, -0.25) is 0 Å². The summed E-state index contributed by atoms with van der Waals surface area (Å²) in [6.45, 7) is 0. The van der Waals surface area contributed by atoms with Gasteiger partial charge in [-0.2, -0.15) is 5.10 Å². The predicted octanol–water partition coefficient (Wildman–Crippen LogP) is 4.12. The fraction of sp³-hybridized carbons (Fsp3) is 0.0588. The number of nitrogens with zero attached hydrogens (tertiary/aromatic N) is 2. The molecule has 0 aliphatic rings. The number of esters is 1. The van der Waals surface area contributed by atoms with E-state index in [0.717, 1.165) is 0 Å². The Morgan fingerprint density at radius 3 is 2.43 bits per heavy atom. The molecule has 23 heavy (non-hydrogen) atoms. The van der Waals surface area contributed by atoms with Gasteiger partial charge in [0.2, 0.25) is 0 Å². The Morgan fingerprint density at radius 2 is 1.78 bits per heavy atom. The highest BCUT2D eigenvalue weighted by molar-refractivity contribution is 6.35. The van der Waals surface area contributed by atoms with Crippen molar-refractivity contribution in [2.75, 3.05) is 7.11 Å². The third-order valence-corrected chi connectivity index (χ3v) is 3.69. The van der Waals surface area contributed by atoms with Crippen molar-refractivity contribution in [3.05, 3.63) is 71.1 Å². The van der Waals surface area contributed by atoms with Crippen LogP contribution in [0.5, 0.6) is 0 Å². The quantitative estimate of drug-likeness (QED) is 0.679. The normalized spacial score (nSPS) is 10.6. The summed E-state index contributed by atoms with van der Waals surface area (Å²) in [5.41, 5.74) is 1.15. The lowest BCUT2D eigenvalue weighted by Crippen LogP contribution is -2.04. The summed E-state index contributed by atoms with van der Waals surface area (Å²) in [7, 11) is 1.24. The molecule has 6 heteroatoms. The molecular weight excluding hydrogens is 319 g/mol. The third kappa shape index (κ3) is 2.71. The van der Waals surface area contributed by atoms with Crippen molar-refractivity contribution in [1.82, 2.24) is 9.78 Å². The number of para-hydroxylation sites is 1. The number of rotatable bonds is 3. The number of methoxy groups -OCH3 is 1. The van der Waals surface area contributed by atoms with Crippen LogP contribution in [0.2, 0.25) is 5.02 Å².